The van der Waals surface area contributed by atoms with Crippen LogP contribution in [0.25, 0.3) is 11.3 Å². The minimum absolute atomic E-state index is 0.168. The molecule has 3 rings (SSSR count). The van der Waals surface area contributed by atoms with Crippen LogP contribution in [0.5, 0.6) is 0 Å². The zero-order chi connectivity index (χ0) is 18.0. The Morgan fingerprint density at radius 1 is 1.08 bits per heavy atom. The average molecular weight is 376 g/mol. The molecular formula is C19H15Cl2NO3. The van der Waals surface area contributed by atoms with Crippen LogP contribution in [-0.4, -0.2) is 11.1 Å². The van der Waals surface area contributed by atoms with Gasteiger partial charge in [-0.2, -0.15) is 0 Å². The number of furan rings is 1. The lowest BCUT2D eigenvalue weighted by molar-refractivity contribution is 0.0697. The first-order valence-electron chi connectivity index (χ1n) is 7.56. The summed E-state index contributed by atoms with van der Waals surface area (Å²) in [6, 6.07) is 14.0. The predicted octanol–water partition coefficient (Wildman–Crippen LogP) is 5.87. The Balaban J connectivity index is 1.75. The van der Waals surface area contributed by atoms with E-state index in [1.54, 1.807) is 6.07 Å². The maximum Gasteiger partial charge on any atom is 0.335 e. The van der Waals surface area contributed by atoms with Gasteiger partial charge in [-0.1, -0.05) is 35.3 Å². The monoisotopic (exact) mass is 375 g/mol. The largest absolute Gasteiger partial charge is 0.478 e. The van der Waals surface area contributed by atoms with Crippen LogP contribution in [0.1, 0.15) is 21.7 Å². The number of hydrogen-bond acceptors (Lipinski definition) is 3. The molecule has 2 aromatic carbocycles. The molecule has 2 N–H and O–H groups in total. The maximum absolute atomic E-state index is 11.1. The third-order valence-corrected chi connectivity index (χ3v) is 4.52. The van der Waals surface area contributed by atoms with Crippen molar-refractivity contribution in [1.29, 1.82) is 0 Å². The Labute approximate surface area is 155 Å². The van der Waals surface area contributed by atoms with E-state index in [9.17, 15) is 4.79 Å². The Morgan fingerprint density at radius 2 is 1.88 bits per heavy atom. The van der Waals surface area contributed by atoms with Crippen molar-refractivity contribution in [2.75, 3.05) is 5.32 Å². The van der Waals surface area contributed by atoms with E-state index < -0.39 is 5.97 Å². The number of benzene rings is 2. The second kappa shape index (κ2) is 7.21. The lowest BCUT2D eigenvalue weighted by Gasteiger charge is -2.08. The molecule has 0 atom stereocenters. The first kappa shape index (κ1) is 17.4. The van der Waals surface area contributed by atoms with Gasteiger partial charge in [-0.25, -0.2) is 4.79 Å². The minimum Gasteiger partial charge on any atom is -0.478 e. The second-order valence-electron chi connectivity index (χ2n) is 5.58. The first-order valence-corrected chi connectivity index (χ1v) is 8.31. The Bertz CT molecular complexity index is 934. The van der Waals surface area contributed by atoms with Crippen molar-refractivity contribution in [3.63, 3.8) is 0 Å². The number of rotatable bonds is 5. The van der Waals surface area contributed by atoms with Gasteiger partial charge in [-0.3, -0.25) is 0 Å². The number of carbonyl (C=O) groups is 1. The highest BCUT2D eigenvalue weighted by molar-refractivity contribution is 6.33. The van der Waals surface area contributed by atoms with Crippen LogP contribution in [0, 0.1) is 6.92 Å². The highest BCUT2D eigenvalue weighted by Crippen LogP contribution is 2.28. The molecule has 0 aliphatic carbocycles. The average Bonchev–Trinajstić information content (AvgIpc) is 3.05. The highest BCUT2D eigenvalue weighted by atomic mass is 35.5. The maximum atomic E-state index is 11.1. The van der Waals surface area contributed by atoms with Crippen LogP contribution < -0.4 is 5.32 Å². The van der Waals surface area contributed by atoms with E-state index in [-0.39, 0.29) is 5.56 Å². The summed E-state index contributed by atoms with van der Waals surface area (Å²) in [6.45, 7) is 2.32. The van der Waals surface area contributed by atoms with Gasteiger partial charge in [0.05, 0.1) is 22.8 Å². The molecule has 0 aliphatic rings. The summed E-state index contributed by atoms with van der Waals surface area (Å²) >= 11 is 12.3. The fourth-order valence-electron chi connectivity index (χ4n) is 2.35. The Kier molecular flexibility index (Phi) is 5.02. The Hall–Kier alpha value is -2.43. The fraction of sp³-hybridized carbons (Fsp3) is 0.105. The number of nitrogens with one attached hydrogen (secondary N) is 1. The summed E-state index contributed by atoms with van der Waals surface area (Å²) < 4.78 is 5.82. The van der Waals surface area contributed by atoms with Crippen LogP contribution >= 0.6 is 23.2 Å². The molecule has 0 radical (unpaired) electrons. The van der Waals surface area contributed by atoms with Crippen LogP contribution in [0.3, 0.4) is 0 Å². The zero-order valence-corrected chi connectivity index (χ0v) is 14.9. The van der Waals surface area contributed by atoms with E-state index in [2.05, 4.69) is 5.32 Å². The lowest BCUT2D eigenvalue weighted by Crippen LogP contribution is -2.02. The number of aromatic carboxylic acids is 1. The van der Waals surface area contributed by atoms with Gasteiger partial charge in [0, 0.05) is 10.6 Å². The number of halogens is 2. The molecule has 0 bridgehead atoms. The smallest absolute Gasteiger partial charge is 0.335 e. The normalized spacial score (nSPS) is 10.7. The molecule has 4 nitrogen and oxygen atoms in total. The van der Waals surface area contributed by atoms with E-state index in [1.165, 1.54) is 12.1 Å². The van der Waals surface area contributed by atoms with Gasteiger partial charge in [0.15, 0.2) is 0 Å². The van der Waals surface area contributed by atoms with Gasteiger partial charge in [-0.15, -0.1) is 0 Å². The van der Waals surface area contributed by atoms with Gasteiger partial charge in [0.25, 0.3) is 0 Å². The summed E-state index contributed by atoms with van der Waals surface area (Å²) in [7, 11) is 0. The number of carboxylic acid groups (broad SMARTS) is 1. The first-order chi connectivity index (χ1) is 11.9. The van der Waals surface area contributed by atoms with E-state index >= 15 is 0 Å². The molecule has 3 aromatic rings. The standard InChI is InChI=1S/C19H15Cl2NO3/c1-11-2-3-12(8-16(11)21)18-7-5-14(25-18)10-22-17-9-13(19(23)24)4-6-15(17)20/h2-9,22H,10H2,1H3,(H,23,24). The molecule has 0 aliphatic heterocycles. The molecular weight excluding hydrogens is 361 g/mol. The number of anilines is 1. The summed E-state index contributed by atoms with van der Waals surface area (Å²) in [4.78, 5) is 11.1. The lowest BCUT2D eigenvalue weighted by atomic mass is 10.1. The second-order valence-corrected chi connectivity index (χ2v) is 6.40. The van der Waals surface area contributed by atoms with E-state index in [4.69, 9.17) is 32.7 Å². The number of hydrogen-bond donors (Lipinski definition) is 2. The van der Waals surface area contributed by atoms with Crippen molar-refractivity contribution < 1.29 is 14.3 Å². The Morgan fingerprint density at radius 3 is 2.60 bits per heavy atom. The van der Waals surface area contributed by atoms with Crippen LogP contribution in [0.4, 0.5) is 5.69 Å². The zero-order valence-electron chi connectivity index (χ0n) is 13.3. The minimum atomic E-state index is -1.00. The molecule has 1 heterocycles. The quantitative estimate of drug-likeness (QED) is 0.584. The number of carboxylic acids is 1. The van der Waals surface area contributed by atoms with E-state index in [0.717, 1.165) is 11.1 Å². The number of aryl methyl sites for hydroxylation is 1. The molecule has 0 fully saturated rings. The van der Waals surface area contributed by atoms with Gasteiger partial charge in [-0.05, 0) is 48.9 Å². The van der Waals surface area contributed by atoms with Crippen molar-refractivity contribution in [1.82, 2.24) is 0 Å². The van der Waals surface area contributed by atoms with Crippen molar-refractivity contribution in [3.8, 4) is 11.3 Å². The molecule has 0 saturated carbocycles. The van der Waals surface area contributed by atoms with Gasteiger partial charge >= 0.3 is 5.97 Å². The summed E-state index contributed by atoms with van der Waals surface area (Å²) in [6.07, 6.45) is 0. The SMILES string of the molecule is Cc1ccc(-c2ccc(CNc3cc(C(=O)O)ccc3Cl)o2)cc1Cl. The topological polar surface area (TPSA) is 62.5 Å². The van der Waals surface area contributed by atoms with Crippen molar-refractivity contribution in [3.05, 3.63) is 75.5 Å². The molecule has 0 saturated heterocycles. The van der Waals surface area contributed by atoms with Crippen LogP contribution in [0.15, 0.2) is 52.9 Å². The third kappa shape index (κ3) is 3.98. The molecule has 0 unspecified atom stereocenters. The summed E-state index contributed by atoms with van der Waals surface area (Å²) in [5.74, 6) is 0.406. The highest BCUT2D eigenvalue weighted by Gasteiger charge is 2.09. The van der Waals surface area contributed by atoms with Crippen LogP contribution in [0.2, 0.25) is 10.0 Å². The molecule has 6 heteroatoms. The van der Waals surface area contributed by atoms with Crippen LogP contribution in [-0.2, 0) is 6.54 Å². The summed E-state index contributed by atoms with van der Waals surface area (Å²) in [5.41, 5.74) is 2.61. The van der Waals surface area contributed by atoms with E-state index in [0.29, 0.717) is 33.8 Å². The third-order valence-electron chi connectivity index (χ3n) is 3.78. The molecule has 1 aromatic heterocycles. The van der Waals surface area contributed by atoms with Gasteiger partial charge in [0.1, 0.15) is 11.5 Å². The fourth-order valence-corrected chi connectivity index (χ4v) is 2.72. The molecule has 25 heavy (non-hydrogen) atoms. The van der Waals surface area contributed by atoms with Crippen molar-refractivity contribution >= 4 is 34.9 Å². The van der Waals surface area contributed by atoms with Gasteiger partial charge < -0.3 is 14.8 Å². The molecule has 128 valence electrons. The predicted molar refractivity (Wildman–Crippen MR) is 99.6 cm³/mol. The van der Waals surface area contributed by atoms with Crippen molar-refractivity contribution in [2.24, 2.45) is 0 Å². The van der Waals surface area contributed by atoms with Crippen molar-refractivity contribution in [2.45, 2.75) is 13.5 Å². The van der Waals surface area contributed by atoms with Gasteiger partial charge in [0.2, 0.25) is 0 Å². The van der Waals surface area contributed by atoms with E-state index in [1.807, 2.05) is 37.3 Å². The molecule has 0 amide bonds. The summed E-state index contributed by atoms with van der Waals surface area (Å²) in [5, 5.41) is 13.3. The molecule has 0 spiro atoms.